The maximum atomic E-state index is 9.74. The predicted octanol–water partition coefficient (Wildman–Crippen LogP) is 2.70. The van der Waals surface area contributed by atoms with Crippen LogP contribution in [0, 0.1) is 10.8 Å². The molecule has 2 aliphatic rings. The molecule has 0 heterocycles. The molecule has 2 aliphatic carbocycles. The molecule has 0 saturated heterocycles. The van der Waals surface area contributed by atoms with Crippen LogP contribution in [0.5, 0.6) is 0 Å². The average Bonchev–Trinajstić information content (AvgIpc) is 2.16. The van der Waals surface area contributed by atoms with E-state index in [1.54, 1.807) is 0 Å². The van der Waals surface area contributed by atoms with Crippen molar-refractivity contribution in [3.8, 4) is 0 Å². The van der Waals surface area contributed by atoms with Gasteiger partial charge >= 0.3 is 0 Å². The Bertz CT molecular complexity index is 259. The van der Waals surface area contributed by atoms with Gasteiger partial charge in [0.15, 0.2) is 0 Å². The molecule has 94 valence electrons. The molecule has 0 radical (unpaired) electrons. The average molecular weight is 225 g/mol. The van der Waals surface area contributed by atoms with E-state index < -0.39 is 0 Å². The maximum absolute atomic E-state index is 9.74. The number of nitrogens with one attached hydrogen (secondary N) is 1. The first kappa shape index (κ1) is 12.4. The van der Waals surface area contributed by atoms with Crippen LogP contribution in [-0.4, -0.2) is 23.3 Å². The Morgan fingerprint density at radius 2 is 1.88 bits per heavy atom. The second-order valence-electron chi connectivity index (χ2n) is 7.25. The van der Waals surface area contributed by atoms with E-state index in [0.717, 1.165) is 6.42 Å². The van der Waals surface area contributed by atoms with Gasteiger partial charge in [0.2, 0.25) is 0 Å². The SMILES string of the molecule is CC1(C)CCCC(NC2CC(O)C2(C)C)C1. The summed E-state index contributed by atoms with van der Waals surface area (Å²) in [6, 6.07) is 1.18. The van der Waals surface area contributed by atoms with Gasteiger partial charge in [-0.2, -0.15) is 0 Å². The molecule has 0 amide bonds. The summed E-state index contributed by atoms with van der Waals surface area (Å²) in [5, 5.41) is 13.5. The van der Waals surface area contributed by atoms with E-state index in [9.17, 15) is 5.11 Å². The van der Waals surface area contributed by atoms with E-state index in [1.165, 1.54) is 25.7 Å². The van der Waals surface area contributed by atoms with Crippen molar-refractivity contribution < 1.29 is 5.11 Å². The highest BCUT2D eigenvalue weighted by atomic mass is 16.3. The van der Waals surface area contributed by atoms with Crippen molar-refractivity contribution in [3.05, 3.63) is 0 Å². The van der Waals surface area contributed by atoms with Crippen molar-refractivity contribution in [2.75, 3.05) is 0 Å². The second kappa shape index (κ2) is 3.99. The van der Waals surface area contributed by atoms with Crippen LogP contribution in [0.4, 0.5) is 0 Å². The van der Waals surface area contributed by atoms with Gasteiger partial charge in [0.1, 0.15) is 0 Å². The zero-order valence-electron chi connectivity index (χ0n) is 11.2. The Hall–Kier alpha value is -0.0800. The normalized spacial score (nSPS) is 41.4. The van der Waals surface area contributed by atoms with Crippen LogP contribution in [0.15, 0.2) is 0 Å². The van der Waals surface area contributed by atoms with Crippen molar-refractivity contribution in [2.45, 2.75) is 78.0 Å². The van der Waals surface area contributed by atoms with E-state index in [1.807, 2.05) is 0 Å². The highest BCUT2D eigenvalue weighted by molar-refractivity contribution is 5.03. The molecular weight excluding hydrogens is 198 g/mol. The smallest absolute Gasteiger partial charge is 0.0621 e. The molecule has 3 atom stereocenters. The van der Waals surface area contributed by atoms with Crippen molar-refractivity contribution in [2.24, 2.45) is 10.8 Å². The molecule has 0 bridgehead atoms. The van der Waals surface area contributed by atoms with E-state index >= 15 is 0 Å². The molecule has 3 unspecified atom stereocenters. The standard InChI is InChI=1S/C14H27NO/c1-13(2)7-5-6-10(9-13)15-11-8-12(16)14(11,3)4/h10-12,15-16H,5-9H2,1-4H3. The van der Waals surface area contributed by atoms with Gasteiger partial charge in [-0.05, 0) is 31.1 Å². The minimum Gasteiger partial charge on any atom is -0.392 e. The number of rotatable bonds is 2. The van der Waals surface area contributed by atoms with Crippen LogP contribution in [0.25, 0.3) is 0 Å². The fourth-order valence-corrected chi connectivity index (χ4v) is 3.31. The van der Waals surface area contributed by atoms with Crippen LogP contribution in [0.2, 0.25) is 0 Å². The van der Waals surface area contributed by atoms with Crippen LogP contribution in [0.1, 0.15) is 59.8 Å². The van der Waals surface area contributed by atoms with E-state index in [-0.39, 0.29) is 11.5 Å². The summed E-state index contributed by atoms with van der Waals surface area (Å²) in [5.41, 5.74) is 0.573. The van der Waals surface area contributed by atoms with Gasteiger partial charge < -0.3 is 10.4 Å². The maximum Gasteiger partial charge on any atom is 0.0621 e. The van der Waals surface area contributed by atoms with E-state index in [0.29, 0.717) is 17.5 Å². The summed E-state index contributed by atoms with van der Waals surface area (Å²) in [4.78, 5) is 0. The number of hydrogen-bond acceptors (Lipinski definition) is 2. The third kappa shape index (κ3) is 2.28. The number of aliphatic hydroxyl groups is 1. The molecule has 0 aromatic carbocycles. The Labute approximate surface area is 99.8 Å². The monoisotopic (exact) mass is 225 g/mol. The zero-order valence-corrected chi connectivity index (χ0v) is 11.2. The Balaban J connectivity index is 1.87. The molecule has 2 heteroatoms. The Morgan fingerprint density at radius 1 is 1.19 bits per heavy atom. The third-order valence-corrected chi connectivity index (χ3v) is 4.86. The van der Waals surface area contributed by atoms with Gasteiger partial charge in [0.05, 0.1) is 6.10 Å². The number of hydrogen-bond donors (Lipinski definition) is 2. The molecule has 2 saturated carbocycles. The predicted molar refractivity (Wildman–Crippen MR) is 67.4 cm³/mol. The second-order valence-corrected chi connectivity index (χ2v) is 7.25. The topological polar surface area (TPSA) is 32.3 Å². The summed E-state index contributed by atoms with van der Waals surface area (Å²) in [7, 11) is 0. The molecule has 0 aromatic rings. The molecule has 2 rings (SSSR count). The van der Waals surface area contributed by atoms with Gasteiger partial charge in [-0.1, -0.05) is 34.1 Å². The lowest BCUT2D eigenvalue weighted by molar-refractivity contribution is -0.0786. The first-order valence-electron chi connectivity index (χ1n) is 6.75. The molecule has 0 aromatic heterocycles. The van der Waals surface area contributed by atoms with Gasteiger partial charge in [-0.25, -0.2) is 0 Å². The molecule has 0 aliphatic heterocycles. The molecule has 2 fully saturated rings. The van der Waals surface area contributed by atoms with Crippen LogP contribution in [0.3, 0.4) is 0 Å². The van der Waals surface area contributed by atoms with Crippen molar-refractivity contribution >= 4 is 0 Å². The lowest BCUT2D eigenvalue weighted by Gasteiger charge is -2.52. The summed E-state index contributed by atoms with van der Waals surface area (Å²) in [6.45, 7) is 9.10. The summed E-state index contributed by atoms with van der Waals surface area (Å²) in [5.74, 6) is 0. The highest BCUT2D eigenvalue weighted by Crippen LogP contribution is 2.42. The van der Waals surface area contributed by atoms with Crippen LogP contribution >= 0.6 is 0 Å². The first-order valence-corrected chi connectivity index (χ1v) is 6.75. The van der Waals surface area contributed by atoms with Gasteiger partial charge in [-0.15, -0.1) is 0 Å². The molecule has 2 N–H and O–H groups in total. The Kier molecular flexibility index (Phi) is 3.09. The summed E-state index contributed by atoms with van der Waals surface area (Å²) in [6.07, 6.45) is 6.13. The first-order chi connectivity index (χ1) is 7.31. The van der Waals surface area contributed by atoms with Crippen LogP contribution in [-0.2, 0) is 0 Å². The highest BCUT2D eigenvalue weighted by Gasteiger charge is 2.48. The Morgan fingerprint density at radius 3 is 2.38 bits per heavy atom. The van der Waals surface area contributed by atoms with E-state index in [2.05, 4.69) is 33.0 Å². The lowest BCUT2D eigenvalue weighted by atomic mass is 9.64. The molecule has 16 heavy (non-hydrogen) atoms. The third-order valence-electron chi connectivity index (χ3n) is 4.86. The van der Waals surface area contributed by atoms with Crippen molar-refractivity contribution in [1.29, 1.82) is 0 Å². The minimum absolute atomic E-state index is 0.0710. The molecule has 0 spiro atoms. The van der Waals surface area contributed by atoms with Crippen molar-refractivity contribution in [3.63, 3.8) is 0 Å². The molecule has 2 nitrogen and oxygen atoms in total. The van der Waals surface area contributed by atoms with Gasteiger partial charge in [-0.3, -0.25) is 0 Å². The summed E-state index contributed by atoms with van der Waals surface area (Å²) >= 11 is 0. The molecular formula is C14H27NO. The van der Waals surface area contributed by atoms with E-state index in [4.69, 9.17) is 0 Å². The number of aliphatic hydroxyl groups excluding tert-OH is 1. The zero-order chi connectivity index (χ0) is 12.0. The lowest BCUT2D eigenvalue weighted by Crippen LogP contribution is -2.62. The van der Waals surface area contributed by atoms with Gasteiger partial charge in [0.25, 0.3) is 0 Å². The van der Waals surface area contributed by atoms with Gasteiger partial charge in [0, 0.05) is 17.5 Å². The fourth-order valence-electron chi connectivity index (χ4n) is 3.31. The van der Waals surface area contributed by atoms with Crippen molar-refractivity contribution in [1.82, 2.24) is 5.32 Å². The summed E-state index contributed by atoms with van der Waals surface area (Å²) < 4.78 is 0. The quantitative estimate of drug-likeness (QED) is 0.757. The fraction of sp³-hybridized carbons (Fsp3) is 1.00. The largest absolute Gasteiger partial charge is 0.392 e. The van der Waals surface area contributed by atoms with Crippen LogP contribution < -0.4 is 5.32 Å². The minimum atomic E-state index is -0.110.